The zero-order valence-corrected chi connectivity index (χ0v) is 20.1. The van der Waals surface area contributed by atoms with E-state index in [2.05, 4.69) is 15.8 Å². The van der Waals surface area contributed by atoms with Crippen LogP contribution in [0.15, 0.2) is 40.9 Å². The second-order valence-electron chi connectivity index (χ2n) is 8.50. The van der Waals surface area contributed by atoms with Gasteiger partial charge in [-0.2, -0.15) is 0 Å². The van der Waals surface area contributed by atoms with Gasteiger partial charge >= 0.3 is 5.97 Å². The number of rotatable bonds is 11. The molecule has 3 amide bonds. The number of hydrogen-bond donors (Lipinski definition) is 2. The van der Waals surface area contributed by atoms with Crippen LogP contribution in [0, 0.1) is 6.92 Å². The molecule has 1 unspecified atom stereocenters. The van der Waals surface area contributed by atoms with Crippen LogP contribution in [0.2, 0.25) is 0 Å². The molecule has 1 fully saturated rings. The highest BCUT2D eigenvalue weighted by molar-refractivity contribution is 5.95. The summed E-state index contributed by atoms with van der Waals surface area (Å²) in [6, 6.07) is 9.39. The molecule has 1 aromatic carbocycles. The third kappa shape index (κ3) is 7.66. The molecule has 10 heteroatoms. The van der Waals surface area contributed by atoms with Crippen molar-refractivity contribution in [3.63, 3.8) is 0 Å². The molecule has 0 saturated heterocycles. The van der Waals surface area contributed by atoms with Gasteiger partial charge in [0.1, 0.15) is 18.3 Å². The van der Waals surface area contributed by atoms with Crippen molar-refractivity contribution >= 4 is 29.5 Å². The van der Waals surface area contributed by atoms with E-state index < -0.39 is 30.4 Å². The Labute approximate surface area is 204 Å². The first-order valence-corrected chi connectivity index (χ1v) is 11.9. The highest BCUT2D eigenvalue weighted by Crippen LogP contribution is 2.25. The molecule has 35 heavy (non-hydrogen) atoms. The van der Waals surface area contributed by atoms with E-state index in [-0.39, 0.29) is 37.2 Å². The molecule has 0 bridgehead atoms. The molecular formula is C25H32N4O6. The van der Waals surface area contributed by atoms with Crippen LogP contribution in [0.4, 0.5) is 5.82 Å². The maximum absolute atomic E-state index is 13.4. The zero-order chi connectivity index (χ0) is 25.2. The van der Waals surface area contributed by atoms with Gasteiger partial charge in [-0.15, -0.1) is 0 Å². The molecule has 0 spiro atoms. The minimum absolute atomic E-state index is 0.0324. The van der Waals surface area contributed by atoms with Gasteiger partial charge in [-0.3, -0.25) is 19.2 Å². The van der Waals surface area contributed by atoms with Crippen molar-refractivity contribution in [2.75, 3.05) is 18.5 Å². The number of carbonyl (C=O) groups is 4. The number of nitrogens with zero attached hydrogens (tertiary/aromatic N) is 2. The summed E-state index contributed by atoms with van der Waals surface area (Å²) in [5.74, 6) is -1.15. The van der Waals surface area contributed by atoms with Gasteiger partial charge in [-0.25, -0.2) is 0 Å². The maximum atomic E-state index is 13.4. The average Bonchev–Trinajstić information content (AvgIpc) is 3.49. The standard InChI is InChI=1S/C25H32N4O6/c1-3-34-23(32)16-29(22(31)14-13-21(30)27-20-15-17(2)35-28-20)24(18-9-5-4-6-10-18)25(33)26-19-11-7-8-12-19/h4-6,9-10,15,19,24H,3,7-8,11-14,16H2,1-2H3,(H,26,33)(H,27,28,30). The van der Waals surface area contributed by atoms with E-state index in [1.165, 1.54) is 4.90 Å². The fraction of sp³-hybridized carbons (Fsp3) is 0.480. The van der Waals surface area contributed by atoms with Crippen LogP contribution in [0.25, 0.3) is 0 Å². The summed E-state index contributed by atoms with van der Waals surface area (Å²) in [5, 5.41) is 9.30. The molecule has 1 heterocycles. The van der Waals surface area contributed by atoms with Gasteiger partial charge in [-0.1, -0.05) is 48.3 Å². The van der Waals surface area contributed by atoms with Crippen molar-refractivity contribution < 1.29 is 28.4 Å². The van der Waals surface area contributed by atoms with E-state index in [9.17, 15) is 19.2 Å². The predicted molar refractivity (Wildman–Crippen MR) is 127 cm³/mol. The SMILES string of the molecule is CCOC(=O)CN(C(=O)CCC(=O)Nc1cc(C)on1)C(C(=O)NC1CCCC1)c1ccccc1. The largest absolute Gasteiger partial charge is 0.465 e. The Morgan fingerprint density at radius 2 is 1.86 bits per heavy atom. The van der Waals surface area contributed by atoms with Crippen LogP contribution in [0.1, 0.15) is 62.8 Å². The lowest BCUT2D eigenvalue weighted by Crippen LogP contribution is -2.48. The number of nitrogens with one attached hydrogen (secondary N) is 2. The van der Waals surface area contributed by atoms with Gasteiger partial charge < -0.3 is 24.8 Å². The number of aromatic nitrogens is 1. The van der Waals surface area contributed by atoms with Gasteiger partial charge in [0.2, 0.25) is 17.7 Å². The van der Waals surface area contributed by atoms with E-state index in [1.807, 2.05) is 6.07 Å². The lowest BCUT2D eigenvalue weighted by Gasteiger charge is -2.31. The molecule has 10 nitrogen and oxygen atoms in total. The number of anilines is 1. The zero-order valence-electron chi connectivity index (χ0n) is 20.1. The number of hydrogen-bond acceptors (Lipinski definition) is 7. The van der Waals surface area contributed by atoms with E-state index in [4.69, 9.17) is 9.26 Å². The van der Waals surface area contributed by atoms with Gasteiger partial charge in [0.15, 0.2) is 5.82 Å². The lowest BCUT2D eigenvalue weighted by atomic mass is 10.0. The normalized spacial score (nSPS) is 14.2. The minimum atomic E-state index is -1.03. The Hall–Kier alpha value is -3.69. The van der Waals surface area contributed by atoms with Crippen molar-refractivity contribution in [3.8, 4) is 0 Å². The highest BCUT2D eigenvalue weighted by Gasteiger charge is 2.34. The molecule has 1 atom stereocenters. The number of carbonyl (C=O) groups excluding carboxylic acids is 4. The van der Waals surface area contributed by atoms with Crippen molar-refractivity contribution in [1.29, 1.82) is 0 Å². The molecular weight excluding hydrogens is 452 g/mol. The fourth-order valence-electron chi connectivity index (χ4n) is 4.12. The van der Waals surface area contributed by atoms with E-state index in [1.54, 1.807) is 44.2 Å². The van der Waals surface area contributed by atoms with Gasteiger partial charge in [-0.05, 0) is 32.3 Å². The predicted octanol–water partition coefficient (Wildman–Crippen LogP) is 2.89. The Morgan fingerprint density at radius 3 is 2.49 bits per heavy atom. The minimum Gasteiger partial charge on any atom is -0.465 e. The molecule has 0 aliphatic heterocycles. The van der Waals surface area contributed by atoms with E-state index >= 15 is 0 Å². The Kier molecular flexibility index (Phi) is 9.39. The Morgan fingerprint density at radius 1 is 1.14 bits per heavy atom. The van der Waals surface area contributed by atoms with Crippen molar-refractivity contribution in [1.82, 2.24) is 15.4 Å². The molecule has 1 aliphatic carbocycles. The van der Waals surface area contributed by atoms with Crippen molar-refractivity contribution in [3.05, 3.63) is 47.7 Å². The van der Waals surface area contributed by atoms with E-state index in [0.29, 0.717) is 11.3 Å². The first-order valence-electron chi connectivity index (χ1n) is 11.9. The van der Waals surface area contributed by atoms with Crippen LogP contribution in [0.5, 0.6) is 0 Å². The fourth-order valence-corrected chi connectivity index (χ4v) is 4.12. The third-order valence-electron chi connectivity index (χ3n) is 5.76. The summed E-state index contributed by atoms with van der Waals surface area (Å²) in [6.45, 7) is 3.10. The molecule has 2 aromatic rings. The maximum Gasteiger partial charge on any atom is 0.325 e. The van der Waals surface area contributed by atoms with Crippen LogP contribution >= 0.6 is 0 Å². The summed E-state index contributed by atoms with van der Waals surface area (Å²) < 4.78 is 9.99. The average molecular weight is 485 g/mol. The highest BCUT2D eigenvalue weighted by atomic mass is 16.5. The smallest absolute Gasteiger partial charge is 0.325 e. The second-order valence-corrected chi connectivity index (χ2v) is 8.50. The Bertz CT molecular complexity index is 1020. The summed E-state index contributed by atoms with van der Waals surface area (Å²) in [6.07, 6.45) is 3.46. The van der Waals surface area contributed by atoms with Crippen LogP contribution in [-0.4, -0.2) is 52.9 Å². The Balaban J connectivity index is 1.78. The van der Waals surface area contributed by atoms with Crippen molar-refractivity contribution in [2.45, 2.75) is 64.5 Å². The first kappa shape index (κ1) is 25.9. The number of amides is 3. The molecule has 188 valence electrons. The quantitative estimate of drug-likeness (QED) is 0.469. The molecule has 3 rings (SSSR count). The molecule has 2 N–H and O–H groups in total. The molecule has 0 radical (unpaired) electrons. The third-order valence-corrected chi connectivity index (χ3v) is 5.76. The van der Waals surface area contributed by atoms with Crippen LogP contribution in [-0.2, 0) is 23.9 Å². The topological polar surface area (TPSA) is 131 Å². The van der Waals surface area contributed by atoms with Crippen LogP contribution < -0.4 is 10.6 Å². The van der Waals surface area contributed by atoms with Crippen LogP contribution in [0.3, 0.4) is 0 Å². The summed E-state index contributed by atoms with van der Waals surface area (Å²) in [5.41, 5.74) is 0.572. The monoisotopic (exact) mass is 484 g/mol. The second kappa shape index (κ2) is 12.7. The molecule has 1 saturated carbocycles. The number of aryl methyl sites for hydroxylation is 1. The number of ether oxygens (including phenoxy) is 1. The van der Waals surface area contributed by atoms with Gasteiger partial charge in [0.25, 0.3) is 0 Å². The molecule has 1 aromatic heterocycles. The summed E-state index contributed by atoms with van der Waals surface area (Å²) in [4.78, 5) is 52.7. The van der Waals surface area contributed by atoms with E-state index in [0.717, 1.165) is 25.7 Å². The lowest BCUT2D eigenvalue weighted by molar-refractivity contribution is -0.152. The number of benzene rings is 1. The summed E-state index contributed by atoms with van der Waals surface area (Å²) in [7, 11) is 0. The first-order chi connectivity index (χ1) is 16.9. The summed E-state index contributed by atoms with van der Waals surface area (Å²) >= 11 is 0. The van der Waals surface area contributed by atoms with Gasteiger partial charge in [0, 0.05) is 24.9 Å². The van der Waals surface area contributed by atoms with Gasteiger partial charge in [0.05, 0.1) is 6.61 Å². The van der Waals surface area contributed by atoms with Crippen molar-refractivity contribution in [2.24, 2.45) is 0 Å². The molecule has 1 aliphatic rings. The number of esters is 1.